The largest absolute Gasteiger partial charge is 0.481 e. The quantitative estimate of drug-likeness (QED) is 0.685. The molecule has 2 N–H and O–H groups in total. The predicted octanol–water partition coefficient (Wildman–Crippen LogP) is 4.35. The molecule has 0 aliphatic heterocycles. The molecule has 6 heteroatoms. The van der Waals surface area contributed by atoms with Gasteiger partial charge < -0.3 is 10.4 Å². The first kappa shape index (κ1) is 19.7. The molecule has 2 aromatic rings. The number of carbonyl (C=O) groups is 2. The van der Waals surface area contributed by atoms with E-state index < -0.39 is 5.97 Å². The first-order valence-corrected chi connectivity index (χ1v) is 9.51. The molecule has 1 saturated carbocycles. The standard InChI is InChI=1S/C11H12BrNO.C8H7BrO2/c12-9-3-1-2-8(6-9)7-11(14)13-10-4-5-10;9-7-3-1-2-6(4-7)5-8(10)11/h1-3,6,10H,4-5,7H2,(H,13,14);1-4H,5H2,(H,10,11). The molecule has 0 bridgehead atoms. The van der Waals surface area contributed by atoms with E-state index in [9.17, 15) is 9.59 Å². The molecule has 132 valence electrons. The number of amides is 1. The SMILES string of the molecule is O=C(Cc1cccc(Br)c1)NC1CC1.O=C(O)Cc1cccc(Br)c1. The molecule has 0 unspecified atom stereocenters. The van der Waals surface area contributed by atoms with E-state index in [1.54, 1.807) is 12.1 Å². The van der Waals surface area contributed by atoms with E-state index in [2.05, 4.69) is 37.2 Å². The highest BCUT2D eigenvalue weighted by atomic mass is 79.9. The highest BCUT2D eigenvalue weighted by molar-refractivity contribution is 9.10. The van der Waals surface area contributed by atoms with Gasteiger partial charge in [-0.05, 0) is 48.2 Å². The number of carboxylic acid groups (broad SMARTS) is 1. The van der Waals surface area contributed by atoms with E-state index in [0.717, 1.165) is 32.9 Å². The monoisotopic (exact) mass is 467 g/mol. The van der Waals surface area contributed by atoms with E-state index in [1.807, 2.05) is 36.4 Å². The van der Waals surface area contributed by atoms with Gasteiger partial charge in [0.25, 0.3) is 0 Å². The van der Waals surface area contributed by atoms with Crippen LogP contribution in [0.2, 0.25) is 0 Å². The molecule has 25 heavy (non-hydrogen) atoms. The van der Waals surface area contributed by atoms with Crippen LogP contribution in [-0.2, 0) is 22.4 Å². The summed E-state index contributed by atoms with van der Waals surface area (Å²) in [6.07, 6.45) is 2.85. The van der Waals surface area contributed by atoms with Crippen LogP contribution in [-0.4, -0.2) is 23.0 Å². The van der Waals surface area contributed by atoms with E-state index in [-0.39, 0.29) is 12.3 Å². The van der Waals surface area contributed by atoms with Crippen molar-refractivity contribution in [2.45, 2.75) is 31.7 Å². The third-order valence-electron chi connectivity index (χ3n) is 3.44. The van der Waals surface area contributed by atoms with Crippen LogP contribution in [0.25, 0.3) is 0 Å². The summed E-state index contributed by atoms with van der Waals surface area (Å²) in [5.41, 5.74) is 1.87. The van der Waals surface area contributed by atoms with Crippen LogP contribution in [0.5, 0.6) is 0 Å². The van der Waals surface area contributed by atoms with Gasteiger partial charge in [-0.15, -0.1) is 0 Å². The summed E-state index contributed by atoms with van der Waals surface area (Å²) in [5, 5.41) is 11.4. The van der Waals surface area contributed by atoms with Crippen LogP contribution in [0.3, 0.4) is 0 Å². The third-order valence-corrected chi connectivity index (χ3v) is 4.43. The summed E-state index contributed by atoms with van der Waals surface area (Å²) < 4.78 is 1.94. The van der Waals surface area contributed by atoms with Crippen molar-refractivity contribution in [3.8, 4) is 0 Å². The lowest BCUT2D eigenvalue weighted by molar-refractivity contribution is -0.136. The normalized spacial score (nSPS) is 12.7. The first-order valence-electron chi connectivity index (χ1n) is 7.92. The molecule has 0 aromatic heterocycles. The molecule has 3 rings (SSSR count). The summed E-state index contributed by atoms with van der Waals surface area (Å²) in [6.45, 7) is 0. The zero-order valence-corrected chi connectivity index (χ0v) is 16.7. The van der Waals surface area contributed by atoms with Gasteiger partial charge in [0.15, 0.2) is 0 Å². The van der Waals surface area contributed by atoms with Crippen molar-refractivity contribution in [1.29, 1.82) is 0 Å². The van der Waals surface area contributed by atoms with E-state index in [1.165, 1.54) is 0 Å². The predicted molar refractivity (Wildman–Crippen MR) is 104 cm³/mol. The van der Waals surface area contributed by atoms with Crippen LogP contribution < -0.4 is 5.32 Å². The fourth-order valence-electron chi connectivity index (χ4n) is 2.16. The molecule has 0 atom stereocenters. The molecule has 1 aliphatic carbocycles. The molecule has 0 radical (unpaired) electrons. The molecular formula is C19H19Br2NO3. The summed E-state index contributed by atoms with van der Waals surface area (Å²) in [4.78, 5) is 21.7. The highest BCUT2D eigenvalue weighted by Gasteiger charge is 2.22. The molecule has 2 aromatic carbocycles. The second-order valence-electron chi connectivity index (χ2n) is 5.85. The summed E-state index contributed by atoms with van der Waals surface area (Å²) in [7, 11) is 0. The number of hydrogen-bond acceptors (Lipinski definition) is 2. The fraction of sp³-hybridized carbons (Fsp3) is 0.263. The van der Waals surface area contributed by atoms with Crippen molar-refractivity contribution in [2.24, 2.45) is 0 Å². The van der Waals surface area contributed by atoms with Gasteiger partial charge in [0.1, 0.15) is 0 Å². The van der Waals surface area contributed by atoms with Crippen molar-refractivity contribution >= 4 is 43.7 Å². The Labute approximate surface area is 163 Å². The second-order valence-corrected chi connectivity index (χ2v) is 7.68. The molecule has 1 amide bonds. The topological polar surface area (TPSA) is 66.4 Å². The Balaban J connectivity index is 0.000000186. The number of carboxylic acids is 1. The van der Waals surface area contributed by atoms with Gasteiger partial charge in [0.05, 0.1) is 12.8 Å². The lowest BCUT2D eigenvalue weighted by Gasteiger charge is -2.03. The average molecular weight is 469 g/mol. The number of hydrogen-bond donors (Lipinski definition) is 2. The summed E-state index contributed by atoms with van der Waals surface area (Å²) in [5.74, 6) is -0.672. The van der Waals surface area contributed by atoms with Gasteiger partial charge in [0, 0.05) is 15.0 Å². The molecule has 0 heterocycles. The number of aliphatic carboxylic acids is 1. The smallest absolute Gasteiger partial charge is 0.307 e. The Kier molecular flexibility index (Phi) is 7.65. The van der Waals surface area contributed by atoms with Crippen LogP contribution in [0, 0.1) is 0 Å². The van der Waals surface area contributed by atoms with Gasteiger partial charge in [-0.25, -0.2) is 0 Å². The average Bonchev–Trinajstić information content (AvgIpc) is 3.31. The lowest BCUT2D eigenvalue weighted by atomic mass is 10.1. The molecule has 0 spiro atoms. The minimum Gasteiger partial charge on any atom is -0.481 e. The number of nitrogens with one attached hydrogen (secondary N) is 1. The van der Waals surface area contributed by atoms with E-state index in [4.69, 9.17) is 5.11 Å². The van der Waals surface area contributed by atoms with Crippen molar-refractivity contribution in [3.05, 3.63) is 68.6 Å². The maximum absolute atomic E-state index is 11.4. The van der Waals surface area contributed by atoms with Gasteiger partial charge >= 0.3 is 5.97 Å². The number of halogens is 2. The Morgan fingerprint density at radius 3 is 1.92 bits per heavy atom. The Morgan fingerprint density at radius 1 is 0.960 bits per heavy atom. The van der Waals surface area contributed by atoms with Crippen LogP contribution in [0.4, 0.5) is 0 Å². The van der Waals surface area contributed by atoms with Gasteiger partial charge in [-0.3, -0.25) is 9.59 Å². The summed E-state index contributed by atoms with van der Waals surface area (Å²) >= 11 is 6.64. The van der Waals surface area contributed by atoms with Crippen LogP contribution >= 0.6 is 31.9 Å². The van der Waals surface area contributed by atoms with Crippen LogP contribution in [0.1, 0.15) is 24.0 Å². The van der Waals surface area contributed by atoms with Gasteiger partial charge in [0.2, 0.25) is 5.91 Å². The highest BCUT2D eigenvalue weighted by Crippen LogP contribution is 2.19. The number of benzene rings is 2. The maximum atomic E-state index is 11.4. The number of carbonyl (C=O) groups excluding carboxylic acids is 1. The number of rotatable bonds is 5. The molecule has 0 saturated heterocycles. The second kappa shape index (κ2) is 9.73. The minimum atomic E-state index is -0.803. The molecule has 4 nitrogen and oxygen atoms in total. The Hall–Kier alpha value is -1.66. The molecule has 1 fully saturated rings. The van der Waals surface area contributed by atoms with Crippen molar-refractivity contribution in [1.82, 2.24) is 5.32 Å². The Morgan fingerprint density at radius 2 is 1.48 bits per heavy atom. The first-order chi connectivity index (χ1) is 11.9. The minimum absolute atomic E-state index is 0.0828. The Bertz CT molecular complexity index is 745. The fourth-order valence-corrected chi connectivity index (χ4v) is 3.05. The van der Waals surface area contributed by atoms with Gasteiger partial charge in [-0.2, -0.15) is 0 Å². The zero-order valence-electron chi connectivity index (χ0n) is 13.5. The maximum Gasteiger partial charge on any atom is 0.307 e. The molecule has 1 aliphatic rings. The van der Waals surface area contributed by atoms with Crippen LogP contribution in [0.15, 0.2) is 57.5 Å². The van der Waals surface area contributed by atoms with E-state index >= 15 is 0 Å². The zero-order chi connectivity index (χ0) is 18.2. The van der Waals surface area contributed by atoms with Crippen molar-refractivity contribution in [2.75, 3.05) is 0 Å². The van der Waals surface area contributed by atoms with Gasteiger partial charge in [-0.1, -0.05) is 56.1 Å². The summed E-state index contributed by atoms with van der Waals surface area (Å²) in [6, 6.07) is 15.6. The lowest BCUT2D eigenvalue weighted by Crippen LogP contribution is -2.26. The van der Waals surface area contributed by atoms with Crippen molar-refractivity contribution < 1.29 is 14.7 Å². The molecular weight excluding hydrogens is 450 g/mol. The van der Waals surface area contributed by atoms with Crippen molar-refractivity contribution in [3.63, 3.8) is 0 Å². The third kappa shape index (κ3) is 8.31. The van der Waals surface area contributed by atoms with E-state index in [0.29, 0.717) is 12.5 Å².